The summed E-state index contributed by atoms with van der Waals surface area (Å²) in [6.45, 7) is 1.10. The third-order valence-corrected chi connectivity index (χ3v) is 6.91. The van der Waals surface area contributed by atoms with E-state index in [1.54, 1.807) is 12.1 Å². The number of piperidine rings is 1. The summed E-state index contributed by atoms with van der Waals surface area (Å²) in [6.07, 6.45) is 2.77. The molecule has 0 saturated carbocycles. The Kier molecular flexibility index (Phi) is 5.18. The van der Waals surface area contributed by atoms with Crippen molar-refractivity contribution in [2.24, 2.45) is 0 Å². The van der Waals surface area contributed by atoms with Gasteiger partial charge in [0.15, 0.2) is 11.5 Å². The lowest BCUT2D eigenvalue weighted by Crippen LogP contribution is -2.35. The van der Waals surface area contributed by atoms with Crippen LogP contribution in [0.5, 0.6) is 11.5 Å². The third-order valence-electron chi connectivity index (χ3n) is 4.73. The van der Waals surface area contributed by atoms with Gasteiger partial charge in [-0.25, -0.2) is 8.42 Å². The molecule has 0 radical (unpaired) electrons. The molecule has 1 saturated heterocycles. The first-order chi connectivity index (χ1) is 13.4. The fraction of sp³-hybridized carbons (Fsp3) is 0.316. The summed E-state index contributed by atoms with van der Waals surface area (Å²) in [6, 6.07) is 9.28. The molecule has 0 unspecified atom stereocenters. The van der Waals surface area contributed by atoms with Crippen molar-refractivity contribution >= 4 is 33.2 Å². The molecule has 4 rings (SSSR count). The molecule has 0 atom stereocenters. The molecule has 148 valence electrons. The molecule has 2 heterocycles. The van der Waals surface area contributed by atoms with E-state index in [4.69, 9.17) is 21.1 Å². The van der Waals surface area contributed by atoms with Crippen molar-refractivity contribution in [1.82, 2.24) is 4.31 Å². The van der Waals surface area contributed by atoms with Crippen LogP contribution in [0.1, 0.15) is 29.6 Å². The van der Waals surface area contributed by atoms with E-state index in [0.717, 1.165) is 19.3 Å². The van der Waals surface area contributed by atoms with Crippen LogP contribution in [-0.4, -0.2) is 38.5 Å². The molecule has 1 fully saturated rings. The van der Waals surface area contributed by atoms with Gasteiger partial charge in [0.2, 0.25) is 16.8 Å². The van der Waals surface area contributed by atoms with Crippen LogP contribution in [0.2, 0.25) is 5.02 Å². The molecule has 0 bridgehead atoms. The molecule has 0 aliphatic carbocycles. The van der Waals surface area contributed by atoms with E-state index >= 15 is 0 Å². The lowest BCUT2D eigenvalue weighted by Gasteiger charge is -2.26. The quantitative estimate of drug-likeness (QED) is 0.815. The van der Waals surface area contributed by atoms with Gasteiger partial charge in [-0.15, -0.1) is 0 Å². The molecule has 2 aliphatic heterocycles. The number of halogens is 1. The average Bonchev–Trinajstić information content (AvgIpc) is 3.18. The van der Waals surface area contributed by atoms with Gasteiger partial charge in [0.05, 0.1) is 9.92 Å². The van der Waals surface area contributed by atoms with Crippen molar-refractivity contribution in [1.29, 1.82) is 0 Å². The van der Waals surface area contributed by atoms with Gasteiger partial charge in [-0.3, -0.25) is 4.79 Å². The minimum absolute atomic E-state index is 0.0521. The molecule has 9 heteroatoms. The first kappa shape index (κ1) is 19.0. The number of amides is 1. The number of rotatable bonds is 4. The van der Waals surface area contributed by atoms with E-state index in [2.05, 4.69) is 5.32 Å². The van der Waals surface area contributed by atoms with E-state index in [1.807, 2.05) is 0 Å². The highest BCUT2D eigenvalue weighted by molar-refractivity contribution is 7.89. The van der Waals surface area contributed by atoms with E-state index in [-0.39, 0.29) is 16.7 Å². The van der Waals surface area contributed by atoms with Crippen molar-refractivity contribution in [2.45, 2.75) is 24.2 Å². The van der Waals surface area contributed by atoms with Gasteiger partial charge in [0.1, 0.15) is 0 Å². The van der Waals surface area contributed by atoms with Crippen LogP contribution in [0.15, 0.2) is 41.3 Å². The van der Waals surface area contributed by atoms with Gasteiger partial charge in [0, 0.05) is 24.3 Å². The van der Waals surface area contributed by atoms with Crippen LogP contribution in [0.3, 0.4) is 0 Å². The summed E-state index contributed by atoms with van der Waals surface area (Å²) in [5.74, 6) is 0.389. The zero-order chi connectivity index (χ0) is 19.7. The Morgan fingerprint density at radius 2 is 1.86 bits per heavy atom. The van der Waals surface area contributed by atoms with E-state index in [0.29, 0.717) is 35.8 Å². The number of hydrogen-bond donors (Lipinski definition) is 1. The summed E-state index contributed by atoms with van der Waals surface area (Å²) in [7, 11) is -3.58. The van der Waals surface area contributed by atoms with Crippen molar-refractivity contribution in [3.05, 3.63) is 47.0 Å². The molecular formula is C19H19ClN2O5S. The monoisotopic (exact) mass is 422 g/mol. The lowest BCUT2D eigenvalue weighted by atomic mass is 10.2. The number of benzene rings is 2. The number of sulfonamides is 1. The van der Waals surface area contributed by atoms with Gasteiger partial charge in [-0.1, -0.05) is 24.1 Å². The molecule has 28 heavy (non-hydrogen) atoms. The number of nitrogens with zero attached hydrogens (tertiary/aromatic N) is 1. The third kappa shape index (κ3) is 3.67. The van der Waals surface area contributed by atoms with Crippen molar-refractivity contribution in [2.75, 3.05) is 25.2 Å². The highest BCUT2D eigenvalue weighted by Crippen LogP contribution is 2.40. The maximum absolute atomic E-state index is 12.8. The molecule has 2 aliphatic rings. The topological polar surface area (TPSA) is 84.9 Å². The molecule has 1 amide bonds. The van der Waals surface area contributed by atoms with Gasteiger partial charge < -0.3 is 14.8 Å². The van der Waals surface area contributed by atoms with Gasteiger partial charge in [-0.2, -0.15) is 4.31 Å². The zero-order valence-electron chi connectivity index (χ0n) is 15.0. The summed E-state index contributed by atoms with van der Waals surface area (Å²) < 4.78 is 37.7. The van der Waals surface area contributed by atoms with Crippen LogP contribution in [0.25, 0.3) is 0 Å². The average molecular weight is 423 g/mol. The maximum Gasteiger partial charge on any atom is 0.255 e. The van der Waals surface area contributed by atoms with Crippen LogP contribution in [0, 0.1) is 0 Å². The largest absolute Gasteiger partial charge is 0.454 e. The van der Waals surface area contributed by atoms with Crippen LogP contribution in [-0.2, 0) is 10.0 Å². The lowest BCUT2D eigenvalue weighted by molar-refractivity contribution is 0.102. The highest BCUT2D eigenvalue weighted by atomic mass is 35.5. The van der Waals surface area contributed by atoms with E-state index < -0.39 is 15.9 Å². The van der Waals surface area contributed by atoms with Crippen molar-refractivity contribution in [3.8, 4) is 11.5 Å². The van der Waals surface area contributed by atoms with Crippen molar-refractivity contribution < 1.29 is 22.7 Å². The van der Waals surface area contributed by atoms with E-state index in [1.165, 1.54) is 28.6 Å². The first-order valence-electron chi connectivity index (χ1n) is 8.96. The zero-order valence-corrected chi connectivity index (χ0v) is 16.6. The number of nitrogens with one attached hydrogen (secondary N) is 1. The van der Waals surface area contributed by atoms with Gasteiger partial charge in [-0.05, 0) is 43.2 Å². The number of hydrogen-bond acceptors (Lipinski definition) is 5. The summed E-state index contributed by atoms with van der Waals surface area (Å²) in [5, 5.41) is 2.99. The molecular weight excluding hydrogens is 404 g/mol. The Labute approximate surface area is 168 Å². The smallest absolute Gasteiger partial charge is 0.255 e. The molecule has 1 N–H and O–H groups in total. The molecule has 0 aromatic heterocycles. The van der Waals surface area contributed by atoms with Crippen LogP contribution < -0.4 is 14.8 Å². The van der Waals surface area contributed by atoms with Gasteiger partial charge >= 0.3 is 0 Å². The second-order valence-electron chi connectivity index (χ2n) is 6.64. The standard InChI is InChI=1S/C19H19ClN2O5S/c20-16-9-13(10-17-18(16)27-12-26-17)19(23)21-14-5-4-6-15(11-14)28(24,25)22-7-2-1-3-8-22/h4-6,9-11H,1-3,7-8,12H2,(H,21,23). The summed E-state index contributed by atoms with van der Waals surface area (Å²) in [5.41, 5.74) is 0.676. The minimum Gasteiger partial charge on any atom is -0.454 e. The Balaban J connectivity index is 1.55. The number of fused-ring (bicyclic) bond motifs is 1. The SMILES string of the molecule is O=C(Nc1cccc(S(=O)(=O)N2CCCCC2)c1)c1cc(Cl)c2c(c1)OCO2. The first-order valence-corrected chi connectivity index (χ1v) is 10.8. The summed E-state index contributed by atoms with van der Waals surface area (Å²) >= 11 is 6.12. The van der Waals surface area contributed by atoms with Crippen LogP contribution >= 0.6 is 11.6 Å². The second kappa shape index (κ2) is 7.62. The predicted molar refractivity (Wildman–Crippen MR) is 105 cm³/mol. The fourth-order valence-electron chi connectivity index (χ4n) is 3.29. The Morgan fingerprint density at radius 3 is 2.64 bits per heavy atom. The Bertz CT molecular complexity index is 1020. The Morgan fingerprint density at radius 1 is 1.07 bits per heavy atom. The molecule has 2 aromatic rings. The minimum atomic E-state index is -3.58. The second-order valence-corrected chi connectivity index (χ2v) is 8.98. The van der Waals surface area contributed by atoms with E-state index in [9.17, 15) is 13.2 Å². The normalized spacial score (nSPS) is 16.8. The number of carbonyl (C=O) groups is 1. The van der Waals surface area contributed by atoms with Crippen molar-refractivity contribution in [3.63, 3.8) is 0 Å². The fourth-order valence-corrected chi connectivity index (χ4v) is 5.12. The highest BCUT2D eigenvalue weighted by Gasteiger charge is 2.26. The Hall–Kier alpha value is -2.29. The molecule has 0 spiro atoms. The molecule has 7 nitrogen and oxygen atoms in total. The van der Waals surface area contributed by atoms with Crippen LogP contribution in [0.4, 0.5) is 5.69 Å². The van der Waals surface area contributed by atoms with Gasteiger partial charge in [0.25, 0.3) is 5.91 Å². The number of anilines is 1. The number of ether oxygens (including phenoxy) is 2. The number of carbonyl (C=O) groups excluding carboxylic acids is 1. The maximum atomic E-state index is 12.8. The molecule has 2 aromatic carbocycles. The predicted octanol–water partition coefficient (Wildman–Crippen LogP) is 3.50. The summed E-state index contributed by atoms with van der Waals surface area (Å²) in [4.78, 5) is 12.8.